The third kappa shape index (κ3) is 2.29. The maximum Gasteiger partial charge on any atom is 0.0810 e. The number of aromatic nitrogens is 2. The molecule has 1 unspecified atom stereocenters. The number of nitrogens with zero attached hydrogens (tertiary/aromatic N) is 1. The first-order valence-corrected chi connectivity index (χ1v) is 7.60. The molecule has 3 nitrogen and oxygen atoms in total. The number of halogens is 1. The SMILES string of the molecule is Brc1c(C2CCCNC2)n[nH]c1C1CCCC1. The van der Waals surface area contributed by atoms with Crippen molar-refractivity contribution < 1.29 is 0 Å². The Morgan fingerprint density at radius 2 is 1.82 bits per heavy atom. The predicted molar refractivity (Wildman–Crippen MR) is 72.3 cm³/mol. The molecular weight excluding hydrogens is 278 g/mol. The van der Waals surface area contributed by atoms with Crippen molar-refractivity contribution in [2.24, 2.45) is 0 Å². The van der Waals surface area contributed by atoms with Crippen LogP contribution in [0.2, 0.25) is 0 Å². The lowest BCUT2D eigenvalue weighted by Gasteiger charge is -2.21. The highest BCUT2D eigenvalue weighted by molar-refractivity contribution is 9.10. The Bertz CT molecular complexity index is 376. The first-order chi connectivity index (χ1) is 8.36. The first-order valence-electron chi connectivity index (χ1n) is 6.80. The Morgan fingerprint density at radius 1 is 1.06 bits per heavy atom. The summed E-state index contributed by atoms with van der Waals surface area (Å²) in [6.07, 6.45) is 7.92. The van der Waals surface area contributed by atoms with Crippen LogP contribution in [-0.2, 0) is 0 Å². The van der Waals surface area contributed by atoms with Gasteiger partial charge >= 0.3 is 0 Å². The zero-order valence-corrected chi connectivity index (χ0v) is 11.7. The molecule has 1 aliphatic heterocycles. The van der Waals surface area contributed by atoms with Gasteiger partial charge in [-0.15, -0.1) is 0 Å². The lowest BCUT2D eigenvalue weighted by molar-refractivity contribution is 0.453. The minimum Gasteiger partial charge on any atom is -0.316 e. The van der Waals surface area contributed by atoms with Crippen LogP contribution in [-0.4, -0.2) is 23.3 Å². The number of nitrogens with one attached hydrogen (secondary N) is 2. The minimum absolute atomic E-state index is 0.588. The van der Waals surface area contributed by atoms with E-state index < -0.39 is 0 Å². The molecule has 94 valence electrons. The van der Waals surface area contributed by atoms with Gasteiger partial charge < -0.3 is 5.32 Å². The Labute approximate surface area is 111 Å². The summed E-state index contributed by atoms with van der Waals surface area (Å²) < 4.78 is 1.26. The second-order valence-corrected chi connectivity index (χ2v) is 6.15. The number of hydrogen-bond acceptors (Lipinski definition) is 2. The van der Waals surface area contributed by atoms with Crippen LogP contribution in [0.5, 0.6) is 0 Å². The Hall–Kier alpha value is -0.350. The van der Waals surface area contributed by atoms with Crippen molar-refractivity contribution in [3.8, 4) is 0 Å². The normalized spacial score (nSPS) is 26.5. The zero-order valence-electron chi connectivity index (χ0n) is 10.1. The summed E-state index contributed by atoms with van der Waals surface area (Å²) in [6.45, 7) is 2.24. The van der Waals surface area contributed by atoms with Crippen molar-refractivity contribution in [2.45, 2.75) is 50.4 Å². The fourth-order valence-corrected chi connectivity index (χ4v) is 4.02. The molecule has 1 atom stereocenters. The lowest BCUT2D eigenvalue weighted by atomic mass is 9.95. The summed E-state index contributed by atoms with van der Waals surface area (Å²) in [5.41, 5.74) is 2.60. The van der Waals surface area contributed by atoms with Crippen LogP contribution >= 0.6 is 15.9 Å². The van der Waals surface area contributed by atoms with Gasteiger partial charge in [-0.3, -0.25) is 5.10 Å². The smallest absolute Gasteiger partial charge is 0.0810 e. The largest absolute Gasteiger partial charge is 0.316 e. The molecule has 2 heterocycles. The highest BCUT2D eigenvalue weighted by atomic mass is 79.9. The highest BCUT2D eigenvalue weighted by Crippen LogP contribution is 2.39. The van der Waals surface area contributed by atoms with Crippen molar-refractivity contribution in [1.29, 1.82) is 0 Å². The molecule has 2 fully saturated rings. The van der Waals surface area contributed by atoms with Gasteiger partial charge in [-0.25, -0.2) is 0 Å². The molecule has 0 spiro atoms. The topological polar surface area (TPSA) is 40.7 Å². The second-order valence-electron chi connectivity index (χ2n) is 5.36. The third-order valence-electron chi connectivity index (χ3n) is 4.21. The number of piperidine rings is 1. The summed E-state index contributed by atoms with van der Waals surface area (Å²) in [5, 5.41) is 11.3. The molecule has 17 heavy (non-hydrogen) atoms. The summed E-state index contributed by atoms with van der Waals surface area (Å²) in [4.78, 5) is 0. The predicted octanol–water partition coefficient (Wildman–Crippen LogP) is 3.30. The van der Waals surface area contributed by atoms with Crippen LogP contribution in [0.15, 0.2) is 4.47 Å². The molecule has 2 aliphatic rings. The van der Waals surface area contributed by atoms with E-state index in [9.17, 15) is 0 Å². The van der Waals surface area contributed by atoms with Gasteiger partial charge in [0.25, 0.3) is 0 Å². The molecule has 1 aromatic heterocycles. The van der Waals surface area contributed by atoms with Crippen LogP contribution in [0, 0.1) is 0 Å². The molecule has 4 heteroatoms. The van der Waals surface area contributed by atoms with Gasteiger partial charge in [0.2, 0.25) is 0 Å². The van der Waals surface area contributed by atoms with Gasteiger partial charge in [0.15, 0.2) is 0 Å². The van der Waals surface area contributed by atoms with Crippen molar-refractivity contribution >= 4 is 15.9 Å². The lowest BCUT2D eigenvalue weighted by Crippen LogP contribution is -2.28. The van der Waals surface area contributed by atoms with Crippen molar-refractivity contribution in [3.63, 3.8) is 0 Å². The monoisotopic (exact) mass is 297 g/mol. The quantitative estimate of drug-likeness (QED) is 0.879. The van der Waals surface area contributed by atoms with E-state index in [4.69, 9.17) is 0 Å². The van der Waals surface area contributed by atoms with E-state index in [-0.39, 0.29) is 0 Å². The molecule has 1 saturated carbocycles. The fraction of sp³-hybridized carbons (Fsp3) is 0.769. The van der Waals surface area contributed by atoms with Gasteiger partial charge in [0.1, 0.15) is 0 Å². The van der Waals surface area contributed by atoms with Gasteiger partial charge in [0, 0.05) is 18.4 Å². The molecule has 1 aliphatic carbocycles. The molecule has 3 rings (SSSR count). The van der Waals surface area contributed by atoms with Crippen molar-refractivity contribution in [2.75, 3.05) is 13.1 Å². The van der Waals surface area contributed by atoms with Crippen LogP contribution < -0.4 is 5.32 Å². The van der Waals surface area contributed by atoms with Gasteiger partial charge in [-0.05, 0) is 48.2 Å². The molecule has 0 amide bonds. The van der Waals surface area contributed by atoms with Gasteiger partial charge in [-0.1, -0.05) is 12.8 Å². The summed E-state index contributed by atoms with van der Waals surface area (Å²) in [6, 6.07) is 0. The molecular formula is C13H20BrN3. The Balaban J connectivity index is 1.80. The van der Waals surface area contributed by atoms with Gasteiger partial charge in [-0.2, -0.15) is 5.10 Å². The molecule has 1 aromatic rings. The standard InChI is InChI=1S/C13H20BrN3/c14-11-12(9-4-1-2-5-9)16-17-13(11)10-6-3-7-15-8-10/h9-10,15H,1-8H2,(H,16,17). The highest BCUT2D eigenvalue weighted by Gasteiger charge is 2.26. The number of H-pyrrole nitrogens is 1. The molecule has 1 saturated heterocycles. The number of rotatable bonds is 2. The maximum absolute atomic E-state index is 4.57. The van der Waals surface area contributed by atoms with Crippen LogP contribution in [0.25, 0.3) is 0 Å². The summed E-state index contributed by atoms with van der Waals surface area (Å²) in [7, 11) is 0. The van der Waals surface area contributed by atoms with Gasteiger partial charge in [0.05, 0.1) is 15.9 Å². The molecule has 0 bridgehead atoms. The molecule has 0 radical (unpaired) electrons. The van der Waals surface area contributed by atoms with Crippen molar-refractivity contribution in [3.05, 3.63) is 15.9 Å². The van der Waals surface area contributed by atoms with E-state index in [2.05, 4.69) is 31.4 Å². The van der Waals surface area contributed by atoms with E-state index in [1.165, 1.54) is 54.4 Å². The van der Waals surface area contributed by atoms with Crippen molar-refractivity contribution in [1.82, 2.24) is 15.5 Å². The minimum atomic E-state index is 0.588. The van der Waals surface area contributed by atoms with E-state index in [0.717, 1.165) is 13.1 Å². The summed E-state index contributed by atoms with van der Waals surface area (Å²) >= 11 is 3.78. The molecule has 0 aromatic carbocycles. The third-order valence-corrected chi connectivity index (χ3v) is 5.04. The summed E-state index contributed by atoms with van der Waals surface area (Å²) in [5.74, 6) is 1.30. The van der Waals surface area contributed by atoms with Crippen LogP contribution in [0.3, 0.4) is 0 Å². The number of aromatic amines is 1. The maximum atomic E-state index is 4.57. The average Bonchev–Trinajstić information content (AvgIpc) is 2.99. The van der Waals surface area contributed by atoms with E-state index in [1.807, 2.05) is 0 Å². The first kappa shape index (κ1) is 11.7. The zero-order chi connectivity index (χ0) is 11.7. The van der Waals surface area contributed by atoms with Crippen LogP contribution in [0.1, 0.15) is 61.7 Å². The fourth-order valence-electron chi connectivity index (χ4n) is 3.20. The average molecular weight is 298 g/mol. The van der Waals surface area contributed by atoms with Crippen LogP contribution in [0.4, 0.5) is 0 Å². The Morgan fingerprint density at radius 3 is 2.53 bits per heavy atom. The molecule has 2 N–H and O–H groups in total. The second kappa shape index (κ2) is 5.11. The van der Waals surface area contributed by atoms with E-state index >= 15 is 0 Å². The van der Waals surface area contributed by atoms with E-state index in [1.54, 1.807) is 0 Å². The van der Waals surface area contributed by atoms with E-state index in [0.29, 0.717) is 11.8 Å². The number of hydrogen-bond donors (Lipinski definition) is 2. The Kier molecular flexibility index (Phi) is 3.52.